The van der Waals surface area contributed by atoms with Gasteiger partial charge in [-0.2, -0.15) is 13.2 Å². The minimum atomic E-state index is -4.68. The predicted molar refractivity (Wildman–Crippen MR) is 165 cm³/mol. The minimum absolute atomic E-state index is 0.00916. The number of halogens is 3. The number of nitrogens with one attached hydrogen (secondary N) is 2. The van der Waals surface area contributed by atoms with Gasteiger partial charge in [0, 0.05) is 50.2 Å². The summed E-state index contributed by atoms with van der Waals surface area (Å²) in [5, 5.41) is 5.63. The fourth-order valence-corrected chi connectivity index (χ4v) is 5.13. The Balaban J connectivity index is 1.43. The first-order chi connectivity index (χ1) is 22.6. The van der Waals surface area contributed by atoms with Crippen molar-refractivity contribution in [3.63, 3.8) is 0 Å². The van der Waals surface area contributed by atoms with Gasteiger partial charge in [-0.25, -0.2) is 4.98 Å². The van der Waals surface area contributed by atoms with Crippen LogP contribution < -0.4 is 20.1 Å². The van der Waals surface area contributed by atoms with Gasteiger partial charge in [-0.3, -0.25) is 19.4 Å². The normalized spacial score (nSPS) is 16.5. The number of hydrogen-bond donors (Lipinski definition) is 2. The first-order valence-electron chi connectivity index (χ1n) is 14.9. The number of imidazole rings is 1. The van der Waals surface area contributed by atoms with E-state index < -0.39 is 42.2 Å². The highest BCUT2D eigenvalue weighted by atomic mass is 19.4. The molecule has 0 unspecified atom stereocenters. The summed E-state index contributed by atoms with van der Waals surface area (Å²) in [6.45, 7) is 0.280. The van der Waals surface area contributed by atoms with E-state index in [2.05, 4.69) is 20.6 Å². The lowest BCUT2D eigenvalue weighted by Gasteiger charge is -2.25. The second kappa shape index (κ2) is 14.8. The van der Waals surface area contributed by atoms with Crippen molar-refractivity contribution in [2.75, 3.05) is 33.4 Å². The van der Waals surface area contributed by atoms with Crippen molar-refractivity contribution >= 4 is 17.7 Å². The molecule has 246 valence electrons. The van der Waals surface area contributed by atoms with Gasteiger partial charge in [0.05, 0.1) is 25.8 Å². The molecule has 2 bridgehead atoms. The molecule has 2 aromatic carbocycles. The third-order valence-electron chi connectivity index (χ3n) is 7.48. The Labute approximate surface area is 268 Å². The molecule has 2 aromatic heterocycles. The number of hydrogen-bond acceptors (Lipinski definition) is 7. The number of pyridine rings is 1. The van der Waals surface area contributed by atoms with E-state index in [0.29, 0.717) is 29.9 Å². The predicted octanol–water partition coefficient (Wildman–Crippen LogP) is 3.74. The lowest BCUT2D eigenvalue weighted by Crippen LogP contribution is -2.51. The number of amides is 3. The SMILES string of the molecule is COc1ccc2cc1OCCCN(C(=O)c1ccc(C(F)(F)F)nc1)CC(=O)N[C@@H](Cc1ccccc1)C(=O)NCCn1ccnc1-2. The number of nitrogens with zero attached hydrogens (tertiary/aromatic N) is 4. The lowest BCUT2D eigenvalue weighted by molar-refractivity contribution is -0.141. The third kappa shape index (κ3) is 8.45. The summed E-state index contributed by atoms with van der Waals surface area (Å²) in [6, 6.07) is 15.3. The van der Waals surface area contributed by atoms with Crippen LogP contribution in [0.15, 0.2) is 79.3 Å². The van der Waals surface area contributed by atoms with E-state index in [1.807, 2.05) is 41.0 Å². The van der Waals surface area contributed by atoms with E-state index in [-0.39, 0.29) is 38.1 Å². The van der Waals surface area contributed by atoms with Crippen LogP contribution in [0.4, 0.5) is 13.2 Å². The molecule has 0 aliphatic carbocycles. The summed E-state index contributed by atoms with van der Waals surface area (Å²) in [5.74, 6) is -0.200. The van der Waals surface area contributed by atoms with E-state index in [0.717, 1.165) is 23.4 Å². The van der Waals surface area contributed by atoms with E-state index >= 15 is 0 Å². The monoisotopic (exact) mass is 650 g/mol. The van der Waals surface area contributed by atoms with Crippen molar-refractivity contribution in [3.05, 3.63) is 96.1 Å². The second-order valence-corrected chi connectivity index (χ2v) is 10.8. The van der Waals surface area contributed by atoms with Crippen LogP contribution in [0.5, 0.6) is 11.5 Å². The van der Waals surface area contributed by atoms with Crippen LogP contribution in [0.1, 0.15) is 28.0 Å². The summed E-state index contributed by atoms with van der Waals surface area (Å²) < 4.78 is 52.6. The maximum atomic E-state index is 13.5. The topological polar surface area (TPSA) is 128 Å². The molecule has 4 aromatic rings. The van der Waals surface area contributed by atoms with Crippen molar-refractivity contribution in [1.82, 2.24) is 30.1 Å². The molecule has 0 saturated carbocycles. The molecule has 1 aliphatic heterocycles. The van der Waals surface area contributed by atoms with Gasteiger partial charge in [-0.05, 0) is 42.3 Å². The quantitative estimate of drug-likeness (QED) is 0.345. The molecule has 0 fully saturated rings. The molecular weight excluding hydrogens is 617 g/mol. The van der Waals surface area contributed by atoms with Gasteiger partial charge in [0.15, 0.2) is 11.5 Å². The van der Waals surface area contributed by atoms with Crippen LogP contribution in [-0.4, -0.2) is 76.5 Å². The zero-order valence-electron chi connectivity index (χ0n) is 25.5. The van der Waals surface area contributed by atoms with Crippen molar-refractivity contribution in [2.45, 2.75) is 31.6 Å². The molecule has 0 spiro atoms. The molecule has 0 saturated heterocycles. The third-order valence-corrected chi connectivity index (χ3v) is 7.48. The fourth-order valence-electron chi connectivity index (χ4n) is 5.13. The van der Waals surface area contributed by atoms with Crippen LogP contribution in [0.3, 0.4) is 0 Å². The number of ether oxygens (including phenoxy) is 2. The molecule has 47 heavy (non-hydrogen) atoms. The standard InChI is InChI=1S/C33H33F3N6O5/c1-46-26-10-8-23-19-27(26)47-17-5-14-42(32(45)24-9-11-28(39-20-24)33(34,35)36)21-29(43)40-25(18-22-6-3-2-4-7-22)31(44)38-13-16-41-15-12-37-30(23)41/h2-4,6-12,15,19-20,25H,5,13-14,16-18,21H2,1H3,(H,38,44)(H,40,43)/t25-/m0/s1. The van der Waals surface area contributed by atoms with Gasteiger partial charge in [-0.1, -0.05) is 30.3 Å². The highest BCUT2D eigenvalue weighted by Crippen LogP contribution is 2.32. The Morgan fingerprint density at radius 1 is 1.06 bits per heavy atom. The summed E-state index contributed by atoms with van der Waals surface area (Å²) in [6.07, 6.45) is 0.0466. The van der Waals surface area contributed by atoms with Crippen LogP contribution in [-0.2, 0) is 28.7 Å². The number of carbonyl (C=O) groups excluding carboxylic acids is 3. The van der Waals surface area contributed by atoms with Crippen LogP contribution in [0.2, 0.25) is 0 Å². The van der Waals surface area contributed by atoms with Crippen LogP contribution >= 0.6 is 0 Å². The number of aromatic nitrogens is 3. The maximum Gasteiger partial charge on any atom is 0.433 e. The molecule has 3 heterocycles. The number of fused-ring (bicyclic) bond motifs is 4. The molecule has 1 atom stereocenters. The van der Waals surface area contributed by atoms with Crippen molar-refractivity contribution in [2.24, 2.45) is 0 Å². The molecule has 14 heteroatoms. The van der Waals surface area contributed by atoms with Crippen molar-refractivity contribution < 1.29 is 37.0 Å². The minimum Gasteiger partial charge on any atom is -0.493 e. The first kappa shape index (κ1) is 33.0. The number of alkyl halides is 3. The Kier molecular flexibility index (Phi) is 10.4. The van der Waals surface area contributed by atoms with E-state index in [1.165, 1.54) is 12.0 Å². The highest BCUT2D eigenvalue weighted by molar-refractivity contribution is 5.97. The average molecular weight is 651 g/mol. The fraction of sp³-hybridized carbons (Fsp3) is 0.303. The highest BCUT2D eigenvalue weighted by Gasteiger charge is 2.33. The first-order valence-corrected chi connectivity index (χ1v) is 14.9. The Bertz CT molecular complexity index is 1700. The Morgan fingerprint density at radius 3 is 2.60 bits per heavy atom. The molecule has 2 N–H and O–H groups in total. The summed E-state index contributed by atoms with van der Waals surface area (Å²) in [7, 11) is 1.51. The summed E-state index contributed by atoms with van der Waals surface area (Å²) in [4.78, 5) is 49.3. The smallest absolute Gasteiger partial charge is 0.433 e. The molecule has 5 rings (SSSR count). The molecule has 0 radical (unpaired) electrons. The molecule has 1 aliphatic rings. The number of carbonyl (C=O) groups is 3. The Hall–Kier alpha value is -5.40. The average Bonchev–Trinajstić information content (AvgIpc) is 3.53. The molecule has 11 nitrogen and oxygen atoms in total. The van der Waals surface area contributed by atoms with Gasteiger partial charge in [0.1, 0.15) is 17.6 Å². The van der Waals surface area contributed by atoms with Gasteiger partial charge in [0.25, 0.3) is 5.91 Å². The maximum absolute atomic E-state index is 13.5. The van der Waals surface area contributed by atoms with Gasteiger partial charge >= 0.3 is 6.18 Å². The lowest BCUT2D eigenvalue weighted by atomic mass is 10.1. The van der Waals surface area contributed by atoms with Crippen LogP contribution in [0.25, 0.3) is 11.4 Å². The van der Waals surface area contributed by atoms with E-state index in [9.17, 15) is 27.6 Å². The summed E-state index contributed by atoms with van der Waals surface area (Å²) >= 11 is 0. The van der Waals surface area contributed by atoms with E-state index in [1.54, 1.807) is 24.5 Å². The second-order valence-electron chi connectivity index (χ2n) is 10.8. The largest absolute Gasteiger partial charge is 0.493 e. The van der Waals surface area contributed by atoms with Crippen molar-refractivity contribution in [1.29, 1.82) is 0 Å². The van der Waals surface area contributed by atoms with Crippen LogP contribution in [0, 0.1) is 0 Å². The number of methoxy groups -OCH3 is 1. The molecular formula is C33H33F3N6O5. The van der Waals surface area contributed by atoms with Gasteiger partial charge < -0.3 is 29.6 Å². The number of rotatable bonds is 4. The van der Waals surface area contributed by atoms with Gasteiger partial charge in [-0.15, -0.1) is 0 Å². The Morgan fingerprint density at radius 2 is 1.87 bits per heavy atom. The zero-order valence-corrected chi connectivity index (χ0v) is 25.5. The van der Waals surface area contributed by atoms with Crippen molar-refractivity contribution in [3.8, 4) is 22.9 Å². The number of benzene rings is 2. The van der Waals surface area contributed by atoms with Gasteiger partial charge in [0.2, 0.25) is 11.8 Å². The van der Waals surface area contributed by atoms with E-state index in [4.69, 9.17) is 9.47 Å². The summed E-state index contributed by atoms with van der Waals surface area (Å²) in [5.41, 5.74) is 0.285. The molecule has 3 amide bonds. The zero-order chi connectivity index (χ0) is 33.4.